The van der Waals surface area contributed by atoms with Gasteiger partial charge in [-0.25, -0.2) is 0 Å². The maximum Gasteiger partial charge on any atom is 0.257 e. The molecule has 0 heterocycles. The standard InChI is InChI=1S/C21H26N2O5/c1-4-22-21(25)14-28-17-9-7-16(8-10-17)23-20(24)12-6-15-5-11-18(26-2)19(13-15)27-3/h5,7-11,13H,4,6,12,14H2,1-3H3,(H,22,25)(H,23,24). The molecule has 2 rings (SSSR count). The van der Waals surface area contributed by atoms with E-state index in [9.17, 15) is 9.59 Å². The molecule has 0 bridgehead atoms. The summed E-state index contributed by atoms with van der Waals surface area (Å²) in [7, 11) is 3.17. The Labute approximate surface area is 165 Å². The predicted octanol–water partition coefficient (Wildman–Crippen LogP) is 2.79. The number of aryl methyl sites for hydroxylation is 1. The average molecular weight is 386 g/mol. The van der Waals surface area contributed by atoms with Gasteiger partial charge in [0, 0.05) is 18.7 Å². The van der Waals surface area contributed by atoms with Gasteiger partial charge in [-0.1, -0.05) is 6.07 Å². The van der Waals surface area contributed by atoms with Crippen molar-refractivity contribution in [2.45, 2.75) is 19.8 Å². The lowest BCUT2D eigenvalue weighted by Gasteiger charge is -2.10. The van der Waals surface area contributed by atoms with Crippen molar-refractivity contribution in [3.05, 3.63) is 48.0 Å². The SMILES string of the molecule is CCNC(=O)COc1ccc(NC(=O)CCc2ccc(OC)c(OC)c2)cc1. The van der Waals surface area contributed by atoms with Gasteiger partial charge in [0.15, 0.2) is 18.1 Å². The number of methoxy groups -OCH3 is 2. The van der Waals surface area contributed by atoms with Crippen LogP contribution < -0.4 is 24.8 Å². The summed E-state index contributed by atoms with van der Waals surface area (Å²) in [6, 6.07) is 12.5. The third kappa shape index (κ3) is 6.50. The number of amides is 2. The average Bonchev–Trinajstić information content (AvgIpc) is 2.71. The first-order chi connectivity index (χ1) is 13.5. The highest BCUT2D eigenvalue weighted by Gasteiger charge is 2.08. The lowest BCUT2D eigenvalue weighted by molar-refractivity contribution is -0.123. The second-order valence-corrected chi connectivity index (χ2v) is 6.00. The Kier molecular flexibility index (Phi) is 8.14. The molecule has 2 aromatic carbocycles. The van der Waals surface area contributed by atoms with Gasteiger partial charge in [-0.3, -0.25) is 9.59 Å². The van der Waals surface area contributed by atoms with E-state index in [4.69, 9.17) is 14.2 Å². The highest BCUT2D eigenvalue weighted by molar-refractivity contribution is 5.90. The molecule has 0 aliphatic rings. The van der Waals surface area contributed by atoms with Gasteiger partial charge in [-0.15, -0.1) is 0 Å². The van der Waals surface area contributed by atoms with Crippen LogP contribution in [0.4, 0.5) is 5.69 Å². The van der Waals surface area contributed by atoms with Crippen LogP contribution in [-0.2, 0) is 16.0 Å². The summed E-state index contributed by atoms with van der Waals surface area (Å²) in [4.78, 5) is 23.6. The first-order valence-electron chi connectivity index (χ1n) is 9.06. The minimum atomic E-state index is -0.171. The minimum absolute atomic E-state index is 0.0368. The fraction of sp³-hybridized carbons (Fsp3) is 0.333. The number of likely N-dealkylation sites (N-methyl/N-ethyl adjacent to an activating group) is 1. The smallest absolute Gasteiger partial charge is 0.257 e. The molecular weight excluding hydrogens is 360 g/mol. The number of rotatable bonds is 10. The molecule has 0 saturated carbocycles. The first-order valence-corrected chi connectivity index (χ1v) is 9.06. The monoisotopic (exact) mass is 386 g/mol. The zero-order valence-corrected chi connectivity index (χ0v) is 16.4. The van der Waals surface area contributed by atoms with E-state index >= 15 is 0 Å². The highest BCUT2D eigenvalue weighted by atomic mass is 16.5. The van der Waals surface area contributed by atoms with Gasteiger partial charge in [0.2, 0.25) is 5.91 Å². The summed E-state index contributed by atoms with van der Waals surface area (Å²) in [5, 5.41) is 5.50. The Morgan fingerprint density at radius 1 is 0.929 bits per heavy atom. The number of hydrogen-bond donors (Lipinski definition) is 2. The van der Waals surface area contributed by atoms with Gasteiger partial charge in [0.05, 0.1) is 14.2 Å². The molecule has 0 atom stereocenters. The summed E-state index contributed by atoms with van der Waals surface area (Å²) in [5.41, 5.74) is 1.66. The van der Waals surface area contributed by atoms with Gasteiger partial charge in [0.1, 0.15) is 5.75 Å². The lowest BCUT2D eigenvalue weighted by atomic mass is 10.1. The van der Waals surface area contributed by atoms with Crippen molar-refractivity contribution in [2.24, 2.45) is 0 Å². The molecular formula is C21H26N2O5. The number of nitrogens with one attached hydrogen (secondary N) is 2. The van der Waals surface area contributed by atoms with E-state index in [1.807, 2.05) is 25.1 Å². The van der Waals surface area contributed by atoms with E-state index in [2.05, 4.69) is 10.6 Å². The third-order valence-electron chi connectivity index (χ3n) is 3.97. The van der Waals surface area contributed by atoms with Crippen molar-refractivity contribution in [1.82, 2.24) is 5.32 Å². The maximum atomic E-state index is 12.2. The summed E-state index contributed by atoms with van der Waals surface area (Å²) in [6.07, 6.45) is 0.921. The molecule has 0 saturated heterocycles. The highest BCUT2D eigenvalue weighted by Crippen LogP contribution is 2.28. The number of carbonyl (C=O) groups is 2. The van der Waals surface area contributed by atoms with Crippen LogP contribution in [0.1, 0.15) is 18.9 Å². The van der Waals surface area contributed by atoms with E-state index in [0.29, 0.717) is 42.3 Å². The van der Waals surface area contributed by atoms with E-state index in [0.717, 1.165) is 5.56 Å². The van der Waals surface area contributed by atoms with Gasteiger partial charge in [-0.2, -0.15) is 0 Å². The quantitative estimate of drug-likeness (QED) is 0.656. The molecule has 150 valence electrons. The number of carbonyl (C=O) groups excluding carboxylic acids is 2. The molecule has 0 aromatic heterocycles. The maximum absolute atomic E-state index is 12.2. The van der Waals surface area contributed by atoms with Crippen molar-refractivity contribution in [3.63, 3.8) is 0 Å². The second-order valence-electron chi connectivity index (χ2n) is 6.00. The zero-order chi connectivity index (χ0) is 20.4. The van der Waals surface area contributed by atoms with Crippen molar-refractivity contribution >= 4 is 17.5 Å². The van der Waals surface area contributed by atoms with Crippen molar-refractivity contribution < 1.29 is 23.8 Å². The molecule has 0 aliphatic heterocycles. The summed E-state index contributed by atoms with van der Waals surface area (Å²) >= 11 is 0. The van der Waals surface area contributed by atoms with Crippen molar-refractivity contribution in [3.8, 4) is 17.2 Å². The molecule has 7 heteroatoms. The van der Waals surface area contributed by atoms with Crippen LogP contribution in [0, 0.1) is 0 Å². The molecule has 0 radical (unpaired) electrons. The van der Waals surface area contributed by atoms with Crippen LogP contribution in [0.15, 0.2) is 42.5 Å². The van der Waals surface area contributed by atoms with Crippen LogP contribution in [-0.4, -0.2) is 39.2 Å². The molecule has 2 amide bonds. The van der Waals surface area contributed by atoms with Crippen molar-refractivity contribution in [2.75, 3.05) is 32.7 Å². The van der Waals surface area contributed by atoms with Gasteiger partial charge in [0.25, 0.3) is 5.91 Å². The number of hydrogen-bond acceptors (Lipinski definition) is 5. The molecule has 2 aromatic rings. The van der Waals surface area contributed by atoms with Crippen LogP contribution in [0.2, 0.25) is 0 Å². The topological polar surface area (TPSA) is 85.9 Å². The van der Waals surface area contributed by atoms with Gasteiger partial charge >= 0.3 is 0 Å². The van der Waals surface area contributed by atoms with Crippen molar-refractivity contribution in [1.29, 1.82) is 0 Å². The Balaban J connectivity index is 1.82. The van der Waals surface area contributed by atoms with E-state index in [-0.39, 0.29) is 18.4 Å². The van der Waals surface area contributed by atoms with Gasteiger partial charge < -0.3 is 24.8 Å². The predicted molar refractivity (Wildman–Crippen MR) is 107 cm³/mol. The van der Waals surface area contributed by atoms with Crippen LogP contribution in [0.3, 0.4) is 0 Å². The minimum Gasteiger partial charge on any atom is -0.493 e. The molecule has 2 N–H and O–H groups in total. The first kappa shape index (κ1) is 21.1. The van der Waals surface area contributed by atoms with Gasteiger partial charge in [-0.05, 0) is 55.3 Å². The Hall–Kier alpha value is -3.22. The molecule has 0 fully saturated rings. The van der Waals surface area contributed by atoms with Crippen LogP contribution >= 0.6 is 0 Å². The summed E-state index contributed by atoms with van der Waals surface area (Å²) < 4.78 is 15.9. The van der Waals surface area contributed by atoms with E-state index in [1.54, 1.807) is 38.5 Å². The molecule has 0 aliphatic carbocycles. The largest absolute Gasteiger partial charge is 0.493 e. The van der Waals surface area contributed by atoms with Crippen LogP contribution in [0.25, 0.3) is 0 Å². The molecule has 0 unspecified atom stereocenters. The lowest BCUT2D eigenvalue weighted by Crippen LogP contribution is -2.28. The van der Waals surface area contributed by atoms with E-state index in [1.165, 1.54) is 0 Å². The van der Waals surface area contributed by atoms with Crippen LogP contribution in [0.5, 0.6) is 17.2 Å². The molecule has 0 spiro atoms. The molecule has 28 heavy (non-hydrogen) atoms. The second kappa shape index (κ2) is 10.8. The number of anilines is 1. The molecule has 7 nitrogen and oxygen atoms in total. The number of benzene rings is 2. The summed E-state index contributed by atoms with van der Waals surface area (Å²) in [5.74, 6) is 1.60. The summed E-state index contributed by atoms with van der Waals surface area (Å²) in [6.45, 7) is 2.38. The fourth-order valence-electron chi connectivity index (χ4n) is 2.55. The Morgan fingerprint density at radius 2 is 1.64 bits per heavy atom. The Morgan fingerprint density at radius 3 is 2.29 bits per heavy atom. The normalized spacial score (nSPS) is 10.1. The third-order valence-corrected chi connectivity index (χ3v) is 3.97. The number of ether oxygens (including phenoxy) is 3. The Bertz CT molecular complexity index is 790. The zero-order valence-electron chi connectivity index (χ0n) is 16.4. The van der Waals surface area contributed by atoms with E-state index < -0.39 is 0 Å². The fourth-order valence-corrected chi connectivity index (χ4v) is 2.55.